The van der Waals surface area contributed by atoms with E-state index in [1.165, 1.54) is 0 Å². The number of nitrogens with one attached hydrogen (secondary N) is 1. The molecule has 22 heavy (non-hydrogen) atoms. The summed E-state index contributed by atoms with van der Waals surface area (Å²) < 4.78 is 7.22. The van der Waals surface area contributed by atoms with Crippen LogP contribution < -0.4 is 5.32 Å². The second-order valence-electron chi connectivity index (χ2n) is 6.18. The van der Waals surface area contributed by atoms with Gasteiger partial charge in [0.05, 0.1) is 5.56 Å². The van der Waals surface area contributed by atoms with Crippen LogP contribution in [0.2, 0.25) is 0 Å². The summed E-state index contributed by atoms with van der Waals surface area (Å²) in [5, 5.41) is 11.2. The molecule has 2 rings (SSSR count). The van der Waals surface area contributed by atoms with Crippen LogP contribution in [0.3, 0.4) is 0 Å². The molecule has 0 unspecified atom stereocenters. The number of benzene rings is 1. The van der Waals surface area contributed by atoms with Crippen LogP contribution in [0.5, 0.6) is 0 Å². The molecule has 0 atom stereocenters. The highest BCUT2D eigenvalue weighted by Crippen LogP contribution is 2.13. The maximum atomic E-state index is 11.9. The van der Waals surface area contributed by atoms with E-state index in [2.05, 4.69) is 15.5 Å². The lowest BCUT2D eigenvalue weighted by atomic mass is 10.1. The topological polar surface area (TPSA) is 69.0 Å². The number of nitrogens with zero attached hydrogens (tertiary/aromatic N) is 3. The highest BCUT2D eigenvalue weighted by atomic mass is 16.6. The van der Waals surface area contributed by atoms with Crippen molar-refractivity contribution in [2.24, 2.45) is 7.05 Å². The zero-order valence-corrected chi connectivity index (χ0v) is 13.7. The van der Waals surface area contributed by atoms with E-state index in [0.717, 1.165) is 11.4 Å². The van der Waals surface area contributed by atoms with Crippen molar-refractivity contribution < 1.29 is 9.53 Å². The summed E-state index contributed by atoms with van der Waals surface area (Å²) in [7, 11) is 1.91. The molecule has 0 radical (unpaired) electrons. The van der Waals surface area contributed by atoms with Gasteiger partial charge in [0.25, 0.3) is 0 Å². The van der Waals surface area contributed by atoms with Gasteiger partial charge in [-0.2, -0.15) is 0 Å². The number of ether oxygens (including phenoxy) is 1. The molecule has 0 bridgehead atoms. The fourth-order valence-electron chi connectivity index (χ4n) is 1.84. The van der Waals surface area contributed by atoms with Gasteiger partial charge in [0.15, 0.2) is 0 Å². The first kappa shape index (κ1) is 16.0. The monoisotopic (exact) mass is 302 g/mol. The molecule has 1 aromatic heterocycles. The van der Waals surface area contributed by atoms with E-state index in [-0.39, 0.29) is 5.97 Å². The Bertz CT molecular complexity index is 654. The molecule has 2 aromatic rings. The number of aromatic nitrogens is 3. The molecular weight excluding hydrogens is 280 g/mol. The van der Waals surface area contributed by atoms with Crippen LogP contribution >= 0.6 is 0 Å². The Kier molecular flexibility index (Phi) is 4.49. The summed E-state index contributed by atoms with van der Waals surface area (Å²) in [4.78, 5) is 11.9. The first-order valence-corrected chi connectivity index (χ1v) is 7.18. The van der Waals surface area contributed by atoms with Gasteiger partial charge < -0.3 is 14.6 Å². The number of aryl methyl sites for hydroxylation is 1. The Labute approximate surface area is 130 Å². The summed E-state index contributed by atoms with van der Waals surface area (Å²) in [5.74, 6) is 1.26. The minimum Gasteiger partial charge on any atom is -0.456 e. The first-order chi connectivity index (χ1) is 10.3. The minimum absolute atomic E-state index is 0.309. The Hall–Kier alpha value is -2.37. The molecule has 0 saturated heterocycles. The lowest BCUT2D eigenvalue weighted by Gasteiger charge is -2.19. The third-order valence-electron chi connectivity index (χ3n) is 3.13. The highest BCUT2D eigenvalue weighted by molar-refractivity contribution is 5.89. The van der Waals surface area contributed by atoms with Crippen LogP contribution in [0.25, 0.3) is 0 Å². The van der Waals surface area contributed by atoms with Gasteiger partial charge in [-0.3, -0.25) is 0 Å². The molecular formula is C16H22N4O2. The number of hydrogen-bond acceptors (Lipinski definition) is 5. The van der Waals surface area contributed by atoms with E-state index in [4.69, 9.17) is 4.74 Å². The van der Waals surface area contributed by atoms with Gasteiger partial charge in [0.2, 0.25) is 5.95 Å². The van der Waals surface area contributed by atoms with Gasteiger partial charge in [-0.1, -0.05) is 12.1 Å². The Morgan fingerprint density at radius 2 is 1.86 bits per heavy atom. The van der Waals surface area contributed by atoms with Crippen molar-refractivity contribution in [3.63, 3.8) is 0 Å². The van der Waals surface area contributed by atoms with Crippen molar-refractivity contribution in [2.75, 3.05) is 5.32 Å². The molecule has 0 aliphatic heterocycles. The van der Waals surface area contributed by atoms with Crippen LogP contribution in [0.15, 0.2) is 24.3 Å². The van der Waals surface area contributed by atoms with Gasteiger partial charge in [-0.25, -0.2) is 4.79 Å². The zero-order valence-electron chi connectivity index (χ0n) is 13.7. The standard InChI is InChI=1S/C16H22N4O2/c1-11-18-19-15(20(11)5)17-10-12-6-8-13(9-7-12)14(21)22-16(2,3)4/h6-9H,10H2,1-5H3,(H,17,19). The Morgan fingerprint density at radius 1 is 1.23 bits per heavy atom. The molecule has 0 spiro atoms. The third kappa shape index (κ3) is 4.07. The fourth-order valence-corrected chi connectivity index (χ4v) is 1.84. The van der Waals surface area contributed by atoms with Crippen LogP contribution in [0.1, 0.15) is 42.5 Å². The van der Waals surface area contributed by atoms with E-state index in [0.29, 0.717) is 18.1 Å². The maximum absolute atomic E-state index is 11.9. The Balaban J connectivity index is 1.97. The van der Waals surface area contributed by atoms with Gasteiger partial charge in [-0.15, -0.1) is 10.2 Å². The number of carbonyl (C=O) groups excluding carboxylic acids is 1. The average Bonchev–Trinajstić information content (AvgIpc) is 2.75. The summed E-state index contributed by atoms with van der Waals surface area (Å²) in [6.45, 7) is 8.07. The maximum Gasteiger partial charge on any atom is 0.338 e. The van der Waals surface area contributed by atoms with Crippen molar-refractivity contribution in [3.8, 4) is 0 Å². The molecule has 0 aliphatic carbocycles. The third-order valence-corrected chi connectivity index (χ3v) is 3.13. The van der Waals surface area contributed by atoms with Crippen LogP contribution in [0, 0.1) is 6.92 Å². The summed E-state index contributed by atoms with van der Waals surface area (Å²) in [6.07, 6.45) is 0. The van der Waals surface area contributed by atoms with Gasteiger partial charge >= 0.3 is 5.97 Å². The molecule has 118 valence electrons. The fraction of sp³-hybridized carbons (Fsp3) is 0.438. The lowest BCUT2D eigenvalue weighted by Crippen LogP contribution is -2.23. The summed E-state index contributed by atoms with van der Waals surface area (Å²) in [6, 6.07) is 7.34. The van der Waals surface area contributed by atoms with E-state index in [1.807, 2.05) is 51.4 Å². The van der Waals surface area contributed by atoms with E-state index in [9.17, 15) is 4.79 Å². The predicted molar refractivity (Wildman–Crippen MR) is 84.7 cm³/mol. The second-order valence-corrected chi connectivity index (χ2v) is 6.18. The highest BCUT2D eigenvalue weighted by Gasteiger charge is 2.17. The molecule has 1 aromatic carbocycles. The molecule has 0 fully saturated rings. The van der Waals surface area contributed by atoms with Crippen molar-refractivity contribution in [2.45, 2.75) is 39.8 Å². The van der Waals surface area contributed by atoms with Crippen molar-refractivity contribution in [3.05, 3.63) is 41.2 Å². The van der Waals surface area contributed by atoms with E-state index in [1.54, 1.807) is 12.1 Å². The van der Waals surface area contributed by atoms with Crippen LogP contribution in [-0.4, -0.2) is 26.3 Å². The molecule has 1 N–H and O–H groups in total. The average molecular weight is 302 g/mol. The van der Waals surface area contributed by atoms with E-state index < -0.39 is 5.60 Å². The van der Waals surface area contributed by atoms with Gasteiger partial charge in [0, 0.05) is 13.6 Å². The molecule has 1 heterocycles. The van der Waals surface area contributed by atoms with Gasteiger partial charge in [-0.05, 0) is 45.4 Å². The van der Waals surface area contributed by atoms with Crippen molar-refractivity contribution in [1.82, 2.24) is 14.8 Å². The number of hydrogen-bond donors (Lipinski definition) is 1. The molecule has 0 amide bonds. The second kappa shape index (κ2) is 6.17. The molecule has 6 nitrogen and oxygen atoms in total. The SMILES string of the molecule is Cc1nnc(NCc2ccc(C(=O)OC(C)(C)C)cc2)n1C. The van der Waals surface area contributed by atoms with Crippen LogP contribution in [-0.2, 0) is 18.3 Å². The Morgan fingerprint density at radius 3 is 2.36 bits per heavy atom. The van der Waals surface area contributed by atoms with E-state index >= 15 is 0 Å². The van der Waals surface area contributed by atoms with Crippen molar-refractivity contribution in [1.29, 1.82) is 0 Å². The van der Waals surface area contributed by atoms with Gasteiger partial charge in [0.1, 0.15) is 11.4 Å². The largest absolute Gasteiger partial charge is 0.456 e. The van der Waals surface area contributed by atoms with Crippen molar-refractivity contribution >= 4 is 11.9 Å². The smallest absolute Gasteiger partial charge is 0.338 e. The normalized spacial score (nSPS) is 11.3. The minimum atomic E-state index is -0.486. The number of anilines is 1. The molecule has 0 aliphatic rings. The zero-order chi connectivity index (χ0) is 16.3. The van der Waals surface area contributed by atoms with Crippen LogP contribution in [0.4, 0.5) is 5.95 Å². The molecule has 6 heteroatoms. The number of esters is 1. The quantitative estimate of drug-likeness (QED) is 0.879. The first-order valence-electron chi connectivity index (χ1n) is 7.18. The predicted octanol–water partition coefficient (Wildman–Crippen LogP) is 2.69. The summed E-state index contributed by atoms with van der Waals surface area (Å²) >= 11 is 0. The molecule has 0 saturated carbocycles. The number of rotatable bonds is 4. The lowest BCUT2D eigenvalue weighted by molar-refractivity contribution is 0.00695. The summed E-state index contributed by atoms with van der Waals surface area (Å²) in [5.41, 5.74) is 1.11. The number of carbonyl (C=O) groups is 1.